The van der Waals surface area contributed by atoms with E-state index >= 15 is 4.39 Å². The number of ketones is 1. The van der Waals surface area contributed by atoms with Crippen LogP contribution >= 0.6 is 0 Å². The van der Waals surface area contributed by atoms with Crippen LogP contribution in [-0.4, -0.2) is 81.2 Å². The van der Waals surface area contributed by atoms with Gasteiger partial charge in [0.2, 0.25) is 23.6 Å². The van der Waals surface area contributed by atoms with Crippen LogP contribution in [0, 0.1) is 23.0 Å². The predicted octanol–water partition coefficient (Wildman–Crippen LogP) is 5.53. The summed E-state index contributed by atoms with van der Waals surface area (Å²) in [6, 6.07) is 12.9. The number of Topliss-reactive ketones (excluding diaryl/α,β-unsaturated/α-hetero) is 1. The molecule has 1 fully saturated rings. The monoisotopic (exact) mass is 763 g/mol. The van der Waals surface area contributed by atoms with E-state index in [1.54, 1.807) is 19.2 Å². The first-order valence-electron chi connectivity index (χ1n) is 19.1. The van der Waals surface area contributed by atoms with Crippen molar-refractivity contribution in [3.63, 3.8) is 0 Å². The van der Waals surface area contributed by atoms with E-state index in [4.69, 9.17) is 5.73 Å². The van der Waals surface area contributed by atoms with E-state index in [0.29, 0.717) is 50.0 Å². The molecule has 55 heavy (non-hydrogen) atoms. The Kier molecular flexibility index (Phi) is 15.4. The highest BCUT2D eigenvalue weighted by molar-refractivity contribution is 6.03. The number of benzene rings is 2. The Morgan fingerprint density at radius 2 is 1.71 bits per heavy atom. The van der Waals surface area contributed by atoms with E-state index in [2.05, 4.69) is 5.32 Å². The van der Waals surface area contributed by atoms with Crippen molar-refractivity contribution in [3.05, 3.63) is 83.7 Å². The Balaban J connectivity index is 1.36. The van der Waals surface area contributed by atoms with Crippen molar-refractivity contribution < 1.29 is 37.9 Å². The lowest BCUT2D eigenvalue weighted by Gasteiger charge is -2.41. The molecule has 2 heterocycles. The normalized spacial score (nSPS) is 15.6. The summed E-state index contributed by atoms with van der Waals surface area (Å²) in [7, 11) is 0. The van der Waals surface area contributed by atoms with E-state index in [1.807, 2.05) is 55.7 Å². The predicted molar refractivity (Wildman–Crippen MR) is 205 cm³/mol. The molecule has 13 heteroatoms. The summed E-state index contributed by atoms with van der Waals surface area (Å²) in [5, 5.41) is 12.9. The molecule has 4 N–H and O–H groups in total. The molecule has 4 rings (SSSR count). The Morgan fingerprint density at radius 3 is 2.36 bits per heavy atom. The maximum absolute atomic E-state index is 15.0. The van der Waals surface area contributed by atoms with Crippen molar-refractivity contribution in [2.24, 2.45) is 17.1 Å². The summed E-state index contributed by atoms with van der Waals surface area (Å²) >= 11 is 0. The second-order valence-corrected chi connectivity index (χ2v) is 15.5. The number of imide groups is 1. The quantitative estimate of drug-likeness (QED) is 0.101. The summed E-state index contributed by atoms with van der Waals surface area (Å²) in [6.45, 7) is 7.78. The molecule has 0 saturated carbocycles. The molecular weight excluding hydrogens is 708 g/mol. The average Bonchev–Trinajstić information content (AvgIpc) is 3.65. The van der Waals surface area contributed by atoms with Crippen molar-refractivity contribution >= 4 is 29.4 Å². The summed E-state index contributed by atoms with van der Waals surface area (Å²) in [6.07, 6.45) is 5.18. The molecule has 11 nitrogen and oxygen atoms in total. The zero-order valence-corrected chi connectivity index (χ0v) is 32.4. The van der Waals surface area contributed by atoms with Crippen molar-refractivity contribution in [2.75, 3.05) is 26.2 Å². The highest BCUT2D eigenvalue weighted by Crippen LogP contribution is 2.41. The van der Waals surface area contributed by atoms with Gasteiger partial charge in [0.1, 0.15) is 24.0 Å². The topological polar surface area (TPSA) is 155 Å². The Morgan fingerprint density at radius 1 is 1.00 bits per heavy atom. The number of nitrogens with one attached hydrogen (secondary N) is 1. The lowest BCUT2D eigenvalue weighted by Crippen LogP contribution is -2.47. The Bertz CT molecular complexity index is 1810. The second kappa shape index (κ2) is 19.7. The number of carbonyl (C=O) groups is 5. The van der Waals surface area contributed by atoms with E-state index in [-0.39, 0.29) is 61.4 Å². The van der Waals surface area contributed by atoms with E-state index in [0.717, 1.165) is 30.2 Å². The third kappa shape index (κ3) is 11.9. The van der Waals surface area contributed by atoms with Gasteiger partial charge >= 0.3 is 0 Å². The second-order valence-electron chi connectivity index (χ2n) is 15.5. The molecule has 1 aliphatic heterocycles. The van der Waals surface area contributed by atoms with Crippen LogP contribution in [0.25, 0.3) is 11.1 Å². The van der Waals surface area contributed by atoms with Gasteiger partial charge in [-0.2, -0.15) is 0 Å². The highest BCUT2D eigenvalue weighted by atomic mass is 19.1. The van der Waals surface area contributed by atoms with Gasteiger partial charge in [-0.25, -0.2) is 8.78 Å². The Labute approximate surface area is 322 Å². The minimum absolute atomic E-state index is 0.0215. The first kappa shape index (κ1) is 43.0. The van der Waals surface area contributed by atoms with E-state index in [9.17, 15) is 33.5 Å². The van der Waals surface area contributed by atoms with Gasteiger partial charge in [0, 0.05) is 74.4 Å². The van der Waals surface area contributed by atoms with Gasteiger partial charge in [-0.05, 0) is 60.9 Å². The molecule has 2 aromatic carbocycles. The van der Waals surface area contributed by atoms with Gasteiger partial charge in [0.25, 0.3) is 0 Å². The van der Waals surface area contributed by atoms with Crippen LogP contribution in [0.1, 0.15) is 96.4 Å². The van der Waals surface area contributed by atoms with E-state index < -0.39 is 47.6 Å². The maximum atomic E-state index is 15.0. The largest absolute Gasteiger partial charge is 0.387 e. The fourth-order valence-electron chi connectivity index (χ4n) is 7.12. The third-order valence-corrected chi connectivity index (χ3v) is 9.99. The molecule has 1 aliphatic rings. The maximum Gasteiger partial charge on any atom is 0.248 e. The van der Waals surface area contributed by atoms with Crippen LogP contribution in [0.4, 0.5) is 8.78 Å². The number of halogens is 2. The number of aliphatic hydroxyl groups is 1. The number of hydrogen-bond acceptors (Lipinski definition) is 7. The number of hydrogen-bond donors (Lipinski definition) is 3. The zero-order valence-electron chi connectivity index (χ0n) is 32.4. The van der Waals surface area contributed by atoms with Gasteiger partial charge in [-0.3, -0.25) is 28.9 Å². The molecule has 3 atom stereocenters. The van der Waals surface area contributed by atoms with Gasteiger partial charge in [0.05, 0.1) is 12.1 Å². The number of aliphatic hydroxyl groups excluding tert-OH is 1. The summed E-state index contributed by atoms with van der Waals surface area (Å²) in [5.74, 6) is -2.67. The smallest absolute Gasteiger partial charge is 0.248 e. The fourth-order valence-corrected chi connectivity index (χ4v) is 7.12. The van der Waals surface area contributed by atoms with Crippen LogP contribution in [0.2, 0.25) is 0 Å². The van der Waals surface area contributed by atoms with Gasteiger partial charge in [-0.1, -0.05) is 64.4 Å². The number of rotatable bonds is 20. The van der Waals surface area contributed by atoms with Gasteiger partial charge < -0.3 is 25.6 Å². The van der Waals surface area contributed by atoms with Crippen molar-refractivity contribution in [1.82, 2.24) is 19.7 Å². The number of nitrogens with zero attached hydrogens (tertiary/aromatic N) is 3. The number of nitrogens with two attached hydrogens (primary N) is 1. The number of likely N-dealkylation sites (tertiary alicyclic amines) is 1. The van der Waals surface area contributed by atoms with E-state index in [1.165, 1.54) is 9.80 Å². The first-order valence-corrected chi connectivity index (χ1v) is 19.1. The van der Waals surface area contributed by atoms with Gasteiger partial charge in [-0.15, -0.1) is 0 Å². The summed E-state index contributed by atoms with van der Waals surface area (Å²) in [5.41, 5.74) is 7.74. The molecular formula is C42H55F2N5O6. The minimum Gasteiger partial charge on any atom is -0.387 e. The molecule has 298 valence electrons. The van der Waals surface area contributed by atoms with Crippen LogP contribution in [-0.2, 0) is 30.5 Å². The fraction of sp³-hybridized carbons (Fsp3) is 0.500. The summed E-state index contributed by atoms with van der Waals surface area (Å²) < 4.78 is 31.2. The molecule has 0 bridgehead atoms. The lowest BCUT2D eigenvalue weighted by molar-refractivity contribution is -0.140. The molecule has 1 saturated heterocycles. The number of unbranched alkanes of at least 4 members (excludes halogenated alkanes) is 2. The van der Waals surface area contributed by atoms with Crippen LogP contribution in [0.15, 0.2) is 60.8 Å². The third-order valence-electron chi connectivity index (χ3n) is 9.99. The highest BCUT2D eigenvalue weighted by Gasteiger charge is 2.38. The minimum atomic E-state index is -0.990. The van der Waals surface area contributed by atoms with Crippen LogP contribution in [0.3, 0.4) is 0 Å². The van der Waals surface area contributed by atoms with Crippen LogP contribution in [0.5, 0.6) is 0 Å². The molecule has 1 unspecified atom stereocenters. The molecule has 1 aromatic heterocycles. The Hall–Kier alpha value is -4.75. The standard InChI is InChI=1S/C42H55F2N5O6/c1-28-22-37(52)49(41(28)55)20-10-6-9-14-32(51)15-11-19-46-40(54)35(45)18-21-48(38(53)27-50)39(42(2,3)4)36-23-30(33-24-31(43)16-17-34(33)44)26-47(36)25-29-12-7-5-8-13-29/h5,7-8,12-13,16-17,23-24,26,28,35,39,50H,6,9-11,14-15,18-22,25,27,45H2,1-4H3,(H,46,54)/t28?,35-,39-/m0/s1. The van der Waals surface area contributed by atoms with Crippen LogP contribution < -0.4 is 11.1 Å². The zero-order chi connectivity index (χ0) is 40.3. The average molecular weight is 764 g/mol. The molecule has 0 aliphatic carbocycles. The number of amides is 4. The number of carbonyl (C=O) groups excluding carboxylic acids is 5. The van der Waals surface area contributed by atoms with Crippen molar-refractivity contribution in [3.8, 4) is 11.1 Å². The summed E-state index contributed by atoms with van der Waals surface area (Å²) in [4.78, 5) is 65.6. The lowest BCUT2D eigenvalue weighted by atomic mass is 9.82. The molecule has 4 amide bonds. The number of aromatic nitrogens is 1. The first-order chi connectivity index (χ1) is 26.1. The molecule has 0 radical (unpaired) electrons. The van der Waals surface area contributed by atoms with Gasteiger partial charge in [0.15, 0.2) is 0 Å². The SMILES string of the molecule is CC1CC(=O)N(CCCCCC(=O)CCCNC(=O)[C@@H](N)CCN(C(=O)CO)[C@@H](c2cc(-c3cc(F)ccc3F)cn2Cc2ccccc2)C(C)(C)C)C1=O. The van der Waals surface area contributed by atoms with Crippen molar-refractivity contribution in [2.45, 2.75) is 97.7 Å². The van der Waals surface area contributed by atoms with Crippen molar-refractivity contribution in [1.29, 1.82) is 0 Å². The molecule has 0 spiro atoms. The molecule has 3 aromatic rings.